The molecule has 1 nitrogen and oxygen atoms in total. The maximum atomic E-state index is 4.19. The van der Waals surface area contributed by atoms with Crippen LogP contribution < -0.4 is 5.73 Å². The van der Waals surface area contributed by atoms with E-state index in [2.05, 4.69) is 54.2 Å². The van der Waals surface area contributed by atoms with Crippen LogP contribution in [0.3, 0.4) is 0 Å². The van der Waals surface area contributed by atoms with Crippen molar-refractivity contribution in [2.45, 2.75) is 66.8 Å². The molecule has 0 aromatic rings. The lowest BCUT2D eigenvalue weighted by Gasteiger charge is -2.35. The Bertz CT molecular complexity index is 137. The van der Waals surface area contributed by atoms with E-state index in [9.17, 15) is 0 Å². The van der Waals surface area contributed by atoms with Gasteiger partial charge in [0.1, 0.15) is 0 Å². The van der Waals surface area contributed by atoms with E-state index in [1.807, 2.05) is 0 Å². The zero-order chi connectivity index (χ0) is 10.9. The summed E-state index contributed by atoms with van der Waals surface area (Å²) in [6, 6.07) is 0. The Kier molecular flexibility index (Phi) is 3.59. The van der Waals surface area contributed by atoms with Crippen LogP contribution in [0.5, 0.6) is 0 Å². The molecule has 0 fully saturated rings. The first-order valence-electron chi connectivity index (χ1n) is 5.27. The van der Waals surface area contributed by atoms with Gasteiger partial charge in [0.2, 0.25) is 0 Å². The maximum Gasteiger partial charge on any atom is 0.0894 e. The summed E-state index contributed by atoms with van der Waals surface area (Å²) in [7, 11) is 0. The van der Waals surface area contributed by atoms with Crippen molar-refractivity contribution < 1.29 is 5.73 Å². The van der Waals surface area contributed by atoms with Crippen molar-refractivity contribution in [2.75, 3.05) is 0 Å². The molecule has 1 heteroatoms. The molecule has 0 saturated carbocycles. The van der Waals surface area contributed by atoms with E-state index < -0.39 is 0 Å². The molecule has 0 aliphatic heterocycles. The van der Waals surface area contributed by atoms with E-state index in [1.54, 1.807) is 0 Å². The minimum atomic E-state index is 0.203. The number of rotatable bonds is 3. The van der Waals surface area contributed by atoms with Crippen LogP contribution in [0, 0.1) is 10.8 Å². The van der Waals surface area contributed by atoms with Gasteiger partial charge in [0.25, 0.3) is 0 Å². The second kappa shape index (κ2) is 3.61. The molecule has 0 spiro atoms. The Labute approximate surface area is 84.1 Å². The van der Waals surface area contributed by atoms with Crippen LogP contribution in [-0.2, 0) is 0 Å². The second-order valence-electron chi connectivity index (χ2n) is 7.24. The Morgan fingerprint density at radius 2 is 1.15 bits per heavy atom. The van der Waals surface area contributed by atoms with Gasteiger partial charge in [-0.05, 0) is 31.1 Å². The van der Waals surface area contributed by atoms with E-state index in [0.717, 1.165) is 0 Å². The monoisotopic (exact) mass is 186 g/mol. The minimum Gasteiger partial charge on any atom is -0.353 e. The molecule has 0 aliphatic carbocycles. The third kappa shape index (κ3) is 8.29. The summed E-state index contributed by atoms with van der Waals surface area (Å²) in [6.45, 7) is 16.1. The molecule has 13 heavy (non-hydrogen) atoms. The van der Waals surface area contributed by atoms with Crippen LogP contribution in [0.2, 0.25) is 0 Å². The molecule has 0 rings (SSSR count). The molecule has 0 radical (unpaired) electrons. The van der Waals surface area contributed by atoms with Crippen molar-refractivity contribution in [1.82, 2.24) is 0 Å². The standard InChI is InChI=1S/C12H27N/c1-10(2,3)8-11(4,5)9-12(6,7)13/h8-9,13H2,1-7H3/p+1. The summed E-state index contributed by atoms with van der Waals surface area (Å²) in [5.74, 6) is 0. The van der Waals surface area contributed by atoms with Crippen LogP contribution in [-0.4, -0.2) is 5.54 Å². The third-order valence-electron chi connectivity index (χ3n) is 1.97. The summed E-state index contributed by atoms with van der Waals surface area (Å²) >= 11 is 0. The van der Waals surface area contributed by atoms with Crippen LogP contribution in [0.4, 0.5) is 0 Å². The summed E-state index contributed by atoms with van der Waals surface area (Å²) in [6.07, 6.45) is 2.45. The largest absolute Gasteiger partial charge is 0.353 e. The van der Waals surface area contributed by atoms with E-state index in [4.69, 9.17) is 0 Å². The van der Waals surface area contributed by atoms with Gasteiger partial charge in [0.05, 0.1) is 5.54 Å². The van der Waals surface area contributed by atoms with Crippen molar-refractivity contribution in [2.24, 2.45) is 10.8 Å². The molecule has 0 saturated heterocycles. The fraction of sp³-hybridized carbons (Fsp3) is 1.00. The Balaban J connectivity index is 4.25. The van der Waals surface area contributed by atoms with Crippen LogP contribution in [0.1, 0.15) is 61.3 Å². The van der Waals surface area contributed by atoms with Gasteiger partial charge in [-0.2, -0.15) is 0 Å². The highest BCUT2D eigenvalue weighted by atomic mass is 14.7. The van der Waals surface area contributed by atoms with Crippen LogP contribution in [0.15, 0.2) is 0 Å². The molecule has 0 bridgehead atoms. The van der Waals surface area contributed by atoms with Gasteiger partial charge < -0.3 is 5.73 Å². The average molecular weight is 186 g/mol. The third-order valence-corrected chi connectivity index (χ3v) is 1.97. The first-order chi connectivity index (χ1) is 5.41. The molecule has 0 aromatic carbocycles. The lowest BCUT2D eigenvalue weighted by atomic mass is 9.71. The minimum absolute atomic E-state index is 0.203. The topological polar surface area (TPSA) is 27.6 Å². The Hall–Kier alpha value is -0.0400. The van der Waals surface area contributed by atoms with Gasteiger partial charge in [0.15, 0.2) is 0 Å². The molecule has 0 atom stereocenters. The number of hydrogen-bond donors (Lipinski definition) is 1. The predicted molar refractivity (Wildman–Crippen MR) is 59.4 cm³/mol. The second-order valence-corrected chi connectivity index (χ2v) is 7.24. The molecule has 80 valence electrons. The fourth-order valence-corrected chi connectivity index (χ4v) is 2.79. The first kappa shape index (κ1) is 13.0. The zero-order valence-corrected chi connectivity index (χ0v) is 10.6. The molecule has 3 N–H and O–H groups in total. The Morgan fingerprint density at radius 3 is 1.38 bits per heavy atom. The molecule has 0 amide bonds. The van der Waals surface area contributed by atoms with Crippen molar-refractivity contribution in [3.05, 3.63) is 0 Å². The summed E-state index contributed by atoms with van der Waals surface area (Å²) in [5.41, 5.74) is 5.22. The molecular weight excluding hydrogens is 158 g/mol. The highest BCUT2D eigenvalue weighted by Gasteiger charge is 2.31. The van der Waals surface area contributed by atoms with Gasteiger partial charge in [-0.3, -0.25) is 0 Å². The van der Waals surface area contributed by atoms with Gasteiger partial charge in [-0.1, -0.05) is 34.6 Å². The van der Waals surface area contributed by atoms with Gasteiger partial charge in [0, 0.05) is 6.42 Å². The zero-order valence-electron chi connectivity index (χ0n) is 10.6. The summed E-state index contributed by atoms with van der Waals surface area (Å²) < 4.78 is 0. The maximum absolute atomic E-state index is 4.19. The van der Waals surface area contributed by atoms with Crippen molar-refractivity contribution in [3.63, 3.8) is 0 Å². The van der Waals surface area contributed by atoms with Gasteiger partial charge in [-0.15, -0.1) is 0 Å². The van der Waals surface area contributed by atoms with Crippen molar-refractivity contribution in [1.29, 1.82) is 0 Å². The SMILES string of the molecule is CC(C)(C)CC(C)(C)CC(C)(C)[NH3+]. The van der Waals surface area contributed by atoms with E-state index in [-0.39, 0.29) is 5.54 Å². The Morgan fingerprint density at radius 1 is 0.769 bits per heavy atom. The first-order valence-corrected chi connectivity index (χ1v) is 5.27. The quantitative estimate of drug-likeness (QED) is 0.702. The molecular formula is C12H28N+. The van der Waals surface area contributed by atoms with E-state index in [0.29, 0.717) is 10.8 Å². The smallest absolute Gasteiger partial charge is 0.0894 e. The number of quaternary nitrogens is 1. The van der Waals surface area contributed by atoms with Gasteiger partial charge in [-0.25, -0.2) is 0 Å². The van der Waals surface area contributed by atoms with Crippen LogP contribution >= 0.6 is 0 Å². The van der Waals surface area contributed by atoms with Gasteiger partial charge >= 0.3 is 0 Å². The molecule has 0 aliphatic rings. The highest BCUT2D eigenvalue weighted by Crippen LogP contribution is 2.37. The fourth-order valence-electron chi connectivity index (χ4n) is 2.79. The molecule has 0 aromatic heterocycles. The molecule has 0 unspecified atom stereocenters. The van der Waals surface area contributed by atoms with Crippen molar-refractivity contribution in [3.8, 4) is 0 Å². The molecule has 0 heterocycles. The average Bonchev–Trinajstić information content (AvgIpc) is 1.43. The highest BCUT2D eigenvalue weighted by molar-refractivity contribution is 4.81. The van der Waals surface area contributed by atoms with Crippen molar-refractivity contribution >= 4 is 0 Å². The lowest BCUT2D eigenvalue weighted by Crippen LogP contribution is -2.70. The van der Waals surface area contributed by atoms with Crippen LogP contribution in [0.25, 0.3) is 0 Å². The lowest BCUT2D eigenvalue weighted by molar-refractivity contribution is -0.471. The van der Waals surface area contributed by atoms with E-state index >= 15 is 0 Å². The van der Waals surface area contributed by atoms with E-state index in [1.165, 1.54) is 12.8 Å². The number of hydrogen-bond acceptors (Lipinski definition) is 0. The summed E-state index contributed by atoms with van der Waals surface area (Å²) in [4.78, 5) is 0. The summed E-state index contributed by atoms with van der Waals surface area (Å²) in [5, 5.41) is 0. The normalized spacial score (nSPS) is 14.8. The predicted octanol–water partition coefficient (Wildman–Crippen LogP) is 2.86.